The minimum atomic E-state index is -0.871. The molecule has 1 aromatic rings. The molecule has 1 aliphatic heterocycles. The Kier molecular flexibility index (Phi) is 1.91. The Labute approximate surface area is 80.8 Å². The highest BCUT2D eigenvalue weighted by Gasteiger charge is 2.31. The summed E-state index contributed by atoms with van der Waals surface area (Å²) in [6.45, 7) is 0. The van der Waals surface area contributed by atoms with Gasteiger partial charge in [0.1, 0.15) is 11.9 Å². The lowest BCUT2D eigenvalue weighted by molar-refractivity contribution is -0.138. The van der Waals surface area contributed by atoms with Crippen LogP contribution in [0, 0.1) is 5.82 Å². The van der Waals surface area contributed by atoms with Gasteiger partial charge < -0.3 is 10.0 Å². The highest BCUT2D eigenvalue weighted by Crippen LogP contribution is 2.31. The van der Waals surface area contributed by atoms with Crippen molar-refractivity contribution in [3.63, 3.8) is 0 Å². The van der Waals surface area contributed by atoms with Crippen LogP contribution in [0.4, 0.5) is 10.1 Å². The van der Waals surface area contributed by atoms with Crippen LogP contribution in [0.15, 0.2) is 18.2 Å². The van der Waals surface area contributed by atoms with E-state index in [1.165, 1.54) is 12.1 Å². The van der Waals surface area contributed by atoms with Crippen molar-refractivity contribution in [3.05, 3.63) is 29.6 Å². The van der Waals surface area contributed by atoms with Crippen LogP contribution in [-0.2, 0) is 11.2 Å². The summed E-state index contributed by atoms with van der Waals surface area (Å²) in [5, 5.41) is 8.89. The summed E-state index contributed by atoms with van der Waals surface area (Å²) in [5.41, 5.74) is 1.57. The summed E-state index contributed by atoms with van der Waals surface area (Å²) >= 11 is 0. The van der Waals surface area contributed by atoms with Crippen molar-refractivity contribution in [2.75, 3.05) is 11.9 Å². The molecule has 0 fully saturated rings. The first-order chi connectivity index (χ1) is 6.59. The molecule has 1 N–H and O–H groups in total. The van der Waals surface area contributed by atoms with Crippen LogP contribution in [-0.4, -0.2) is 24.2 Å². The zero-order valence-corrected chi connectivity index (χ0v) is 7.70. The standard InChI is InChI=1S/C10H10FNO2/c1-12-8-5-7(11)3-2-6(8)4-9(12)10(13)14/h2-3,5,9H,4H2,1H3,(H,13,14). The quantitative estimate of drug-likeness (QED) is 0.733. The number of carbonyl (C=O) groups is 1. The average Bonchev–Trinajstić information content (AvgIpc) is 2.44. The molecular weight excluding hydrogens is 185 g/mol. The Morgan fingerprint density at radius 2 is 2.36 bits per heavy atom. The predicted molar refractivity (Wildman–Crippen MR) is 49.9 cm³/mol. The van der Waals surface area contributed by atoms with E-state index in [9.17, 15) is 9.18 Å². The van der Waals surface area contributed by atoms with Gasteiger partial charge in [0.25, 0.3) is 0 Å². The van der Waals surface area contributed by atoms with Gasteiger partial charge in [0, 0.05) is 19.2 Å². The first-order valence-electron chi connectivity index (χ1n) is 4.33. The smallest absolute Gasteiger partial charge is 0.326 e. The fourth-order valence-electron chi connectivity index (χ4n) is 1.80. The van der Waals surface area contributed by atoms with Crippen molar-refractivity contribution < 1.29 is 14.3 Å². The van der Waals surface area contributed by atoms with Gasteiger partial charge in [-0.05, 0) is 17.7 Å². The van der Waals surface area contributed by atoms with Crippen molar-refractivity contribution in [2.24, 2.45) is 0 Å². The van der Waals surface area contributed by atoms with Crippen molar-refractivity contribution in [1.82, 2.24) is 0 Å². The van der Waals surface area contributed by atoms with Gasteiger partial charge in [-0.15, -0.1) is 0 Å². The third kappa shape index (κ3) is 1.23. The Bertz CT molecular complexity index is 392. The van der Waals surface area contributed by atoms with Gasteiger partial charge in [-0.25, -0.2) is 9.18 Å². The molecule has 0 bridgehead atoms. The number of nitrogens with zero attached hydrogens (tertiary/aromatic N) is 1. The third-order valence-electron chi connectivity index (χ3n) is 2.59. The molecule has 1 heterocycles. The first kappa shape index (κ1) is 8.99. The number of fused-ring (bicyclic) bond motifs is 1. The van der Waals surface area contributed by atoms with Gasteiger partial charge in [-0.1, -0.05) is 6.07 Å². The molecule has 1 atom stereocenters. The molecule has 0 amide bonds. The van der Waals surface area contributed by atoms with Crippen LogP contribution in [0.25, 0.3) is 0 Å². The highest BCUT2D eigenvalue weighted by molar-refractivity contribution is 5.82. The maximum absolute atomic E-state index is 12.9. The number of anilines is 1. The normalized spacial score (nSPS) is 19.6. The van der Waals surface area contributed by atoms with E-state index in [0.717, 1.165) is 5.56 Å². The molecule has 2 rings (SSSR count). The molecule has 0 saturated carbocycles. The van der Waals surface area contributed by atoms with Crippen LogP contribution in [0.5, 0.6) is 0 Å². The molecule has 1 aromatic carbocycles. The van der Waals surface area contributed by atoms with Crippen LogP contribution in [0.2, 0.25) is 0 Å². The maximum atomic E-state index is 12.9. The van der Waals surface area contributed by atoms with Crippen molar-refractivity contribution in [2.45, 2.75) is 12.5 Å². The summed E-state index contributed by atoms with van der Waals surface area (Å²) in [6, 6.07) is 3.81. The van der Waals surface area contributed by atoms with E-state index in [1.807, 2.05) is 0 Å². The second kappa shape index (κ2) is 2.97. The van der Waals surface area contributed by atoms with Gasteiger partial charge in [0.05, 0.1) is 0 Å². The number of benzene rings is 1. The minimum absolute atomic E-state index is 0.332. The second-order valence-corrected chi connectivity index (χ2v) is 3.44. The molecular formula is C10H10FNO2. The van der Waals surface area contributed by atoms with Gasteiger partial charge in [-0.3, -0.25) is 0 Å². The van der Waals surface area contributed by atoms with E-state index in [-0.39, 0.29) is 5.82 Å². The number of carboxylic acids is 1. The van der Waals surface area contributed by atoms with E-state index in [2.05, 4.69) is 0 Å². The number of hydrogen-bond acceptors (Lipinski definition) is 2. The molecule has 0 aliphatic carbocycles. The van der Waals surface area contributed by atoms with Gasteiger partial charge in [0.2, 0.25) is 0 Å². The largest absolute Gasteiger partial charge is 0.480 e. The molecule has 14 heavy (non-hydrogen) atoms. The van der Waals surface area contributed by atoms with E-state index in [4.69, 9.17) is 5.11 Å². The number of aliphatic carboxylic acids is 1. The second-order valence-electron chi connectivity index (χ2n) is 3.44. The number of rotatable bonds is 1. The lowest BCUT2D eigenvalue weighted by atomic mass is 10.1. The molecule has 0 radical (unpaired) electrons. The van der Waals surface area contributed by atoms with E-state index in [0.29, 0.717) is 12.1 Å². The number of likely N-dealkylation sites (N-methyl/N-ethyl adjacent to an activating group) is 1. The zero-order chi connectivity index (χ0) is 10.3. The summed E-state index contributed by atoms with van der Waals surface area (Å²) in [5.74, 6) is -1.20. The van der Waals surface area contributed by atoms with Crippen LogP contribution < -0.4 is 4.90 Å². The van der Waals surface area contributed by atoms with Crippen molar-refractivity contribution >= 4 is 11.7 Å². The molecule has 0 aromatic heterocycles. The monoisotopic (exact) mass is 195 g/mol. The first-order valence-corrected chi connectivity index (χ1v) is 4.33. The lowest BCUT2D eigenvalue weighted by Gasteiger charge is -2.18. The van der Waals surface area contributed by atoms with Crippen LogP contribution in [0.3, 0.4) is 0 Å². The molecule has 0 spiro atoms. The van der Waals surface area contributed by atoms with Gasteiger partial charge in [0.15, 0.2) is 0 Å². The third-order valence-corrected chi connectivity index (χ3v) is 2.59. The van der Waals surface area contributed by atoms with E-state index in [1.54, 1.807) is 18.0 Å². The minimum Gasteiger partial charge on any atom is -0.480 e. The maximum Gasteiger partial charge on any atom is 0.326 e. The molecule has 1 aliphatic rings. The molecule has 74 valence electrons. The number of halogens is 1. The summed E-state index contributed by atoms with van der Waals surface area (Å²) in [6.07, 6.45) is 0.446. The molecule has 1 unspecified atom stereocenters. The fraction of sp³-hybridized carbons (Fsp3) is 0.300. The summed E-state index contributed by atoms with van der Waals surface area (Å²) < 4.78 is 12.9. The van der Waals surface area contributed by atoms with Gasteiger partial charge >= 0.3 is 5.97 Å². The summed E-state index contributed by atoms with van der Waals surface area (Å²) in [4.78, 5) is 12.4. The molecule has 0 saturated heterocycles. The van der Waals surface area contributed by atoms with Gasteiger partial charge in [-0.2, -0.15) is 0 Å². The number of hydrogen-bond donors (Lipinski definition) is 1. The van der Waals surface area contributed by atoms with Crippen LogP contribution in [0.1, 0.15) is 5.56 Å². The molecule has 3 nitrogen and oxygen atoms in total. The predicted octanol–water partition coefficient (Wildman–Crippen LogP) is 1.27. The average molecular weight is 195 g/mol. The lowest BCUT2D eigenvalue weighted by Crippen LogP contribution is -2.35. The Morgan fingerprint density at radius 3 is 3.00 bits per heavy atom. The topological polar surface area (TPSA) is 40.5 Å². The Balaban J connectivity index is 2.41. The van der Waals surface area contributed by atoms with Crippen molar-refractivity contribution in [1.29, 1.82) is 0 Å². The fourth-order valence-corrected chi connectivity index (χ4v) is 1.80. The Morgan fingerprint density at radius 1 is 1.64 bits per heavy atom. The molecule has 4 heteroatoms. The van der Waals surface area contributed by atoms with E-state index < -0.39 is 12.0 Å². The zero-order valence-electron chi connectivity index (χ0n) is 7.70. The Hall–Kier alpha value is -1.58. The van der Waals surface area contributed by atoms with Crippen molar-refractivity contribution in [3.8, 4) is 0 Å². The summed E-state index contributed by atoms with van der Waals surface area (Å²) in [7, 11) is 1.67. The SMILES string of the molecule is CN1c2cc(F)ccc2CC1C(=O)O. The highest BCUT2D eigenvalue weighted by atomic mass is 19.1. The van der Waals surface area contributed by atoms with Crippen LogP contribution >= 0.6 is 0 Å². The van der Waals surface area contributed by atoms with E-state index >= 15 is 0 Å². The number of carboxylic acid groups (broad SMARTS) is 1.